The Labute approximate surface area is 90.5 Å². The second kappa shape index (κ2) is 4.89. The Bertz CT molecular complexity index is 251. The maximum absolute atomic E-state index is 5.38. The standard InChI is InChI=1S/C11H19NOS/c1-11(2,3)14-8-9(12-4)10-6-5-7-13-10/h5-7,9,12H,8H2,1-4H3. The van der Waals surface area contributed by atoms with E-state index in [-0.39, 0.29) is 0 Å². The predicted octanol–water partition coefficient (Wildman–Crippen LogP) is 3.07. The van der Waals surface area contributed by atoms with Crippen molar-refractivity contribution in [3.8, 4) is 0 Å². The van der Waals surface area contributed by atoms with Gasteiger partial charge < -0.3 is 9.73 Å². The van der Waals surface area contributed by atoms with Crippen LogP contribution in [0.3, 0.4) is 0 Å². The van der Waals surface area contributed by atoms with E-state index < -0.39 is 0 Å². The minimum Gasteiger partial charge on any atom is -0.468 e. The molecule has 0 radical (unpaired) electrons. The molecule has 0 aliphatic heterocycles. The van der Waals surface area contributed by atoms with E-state index in [9.17, 15) is 0 Å². The third-order valence-electron chi connectivity index (χ3n) is 1.92. The second-order valence-corrected chi connectivity index (χ2v) is 6.13. The van der Waals surface area contributed by atoms with Crippen LogP contribution in [0, 0.1) is 0 Å². The fraction of sp³-hybridized carbons (Fsp3) is 0.636. The average molecular weight is 213 g/mol. The van der Waals surface area contributed by atoms with E-state index in [1.807, 2.05) is 30.9 Å². The Morgan fingerprint density at radius 3 is 2.64 bits per heavy atom. The average Bonchev–Trinajstić information content (AvgIpc) is 2.56. The lowest BCUT2D eigenvalue weighted by molar-refractivity contribution is 0.452. The van der Waals surface area contributed by atoms with Crippen LogP contribution in [-0.2, 0) is 0 Å². The van der Waals surface area contributed by atoms with Gasteiger partial charge in [0, 0.05) is 10.5 Å². The van der Waals surface area contributed by atoms with Crippen molar-refractivity contribution in [3.63, 3.8) is 0 Å². The molecule has 1 unspecified atom stereocenters. The van der Waals surface area contributed by atoms with Crippen LogP contribution in [0.1, 0.15) is 32.6 Å². The molecule has 2 nitrogen and oxygen atoms in total. The molecule has 0 spiro atoms. The summed E-state index contributed by atoms with van der Waals surface area (Å²) in [4.78, 5) is 0. The first-order valence-electron chi connectivity index (χ1n) is 4.87. The monoisotopic (exact) mass is 213 g/mol. The van der Waals surface area contributed by atoms with Gasteiger partial charge in [-0.3, -0.25) is 0 Å². The molecule has 14 heavy (non-hydrogen) atoms. The summed E-state index contributed by atoms with van der Waals surface area (Å²) >= 11 is 1.94. The third kappa shape index (κ3) is 3.76. The normalized spacial score (nSPS) is 14.3. The molecular weight excluding hydrogens is 194 g/mol. The maximum atomic E-state index is 5.38. The van der Waals surface area contributed by atoms with Crippen LogP contribution in [0.5, 0.6) is 0 Å². The first-order chi connectivity index (χ1) is 6.53. The highest BCUT2D eigenvalue weighted by molar-refractivity contribution is 8.00. The Morgan fingerprint density at radius 1 is 1.50 bits per heavy atom. The molecule has 0 amide bonds. The van der Waals surface area contributed by atoms with Gasteiger partial charge in [-0.15, -0.1) is 0 Å². The van der Waals surface area contributed by atoms with Crippen molar-refractivity contribution < 1.29 is 4.42 Å². The lowest BCUT2D eigenvalue weighted by Crippen LogP contribution is -2.21. The van der Waals surface area contributed by atoms with Gasteiger partial charge in [0.1, 0.15) is 5.76 Å². The predicted molar refractivity (Wildman–Crippen MR) is 62.7 cm³/mol. The molecule has 0 aliphatic carbocycles. The third-order valence-corrected chi connectivity index (χ3v) is 3.28. The SMILES string of the molecule is CNC(CSC(C)(C)C)c1ccco1. The quantitative estimate of drug-likeness (QED) is 0.832. The largest absolute Gasteiger partial charge is 0.468 e. The van der Waals surface area contributed by atoms with E-state index >= 15 is 0 Å². The van der Waals surface area contributed by atoms with Gasteiger partial charge in [0.2, 0.25) is 0 Å². The minimum atomic E-state index is 0.307. The molecule has 1 aromatic heterocycles. The van der Waals surface area contributed by atoms with Crippen LogP contribution in [0.15, 0.2) is 22.8 Å². The van der Waals surface area contributed by atoms with E-state index in [1.54, 1.807) is 6.26 Å². The number of nitrogens with one attached hydrogen (secondary N) is 1. The zero-order chi connectivity index (χ0) is 10.6. The molecule has 1 atom stereocenters. The summed E-state index contributed by atoms with van der Waals surface area (Å²) < 4.78 is 5.68. The zero-order valence-electron chi connectivity index (χ0n) is 9.33. The fourth-order valence-corrected chi connectivity index (χ4v) is 2.13. The molecule has 0 aromatic carbocycles. The molecule has 0 fully saturated rings. The van der Waals surface area contributed by atoms with Crippen LogP contribution >= 0.6 is 11.8 Å². The molecule has 0 saturated carbocycles. The van der Waals surface area contributed by atoms with Crippen LogP contribution in [-0.4, -0.2) is 17.5 Å². The van der Waals surface area contributed by atoms with Gasteiger partial charge in [-0.25, -0.2) is 0 Å². The number of thioether (sulfide) groups is 1. The molecule has 0 aliphatic rings. The Morgan fingerprint density at radius 2 is 2.21 bits per heavy atom. The summed E-state index contributed by atoms with van der Waals surface area (Å²) in [6, 6.07) is 4.26. The van der Waals surface area contributed by atoms with Crippen molar-refractivity contribution in [3.05, 3.63) is 24.2 Å². The highest BCUT2D eigenvalue weighted by atomic mass is 32.2. The second-order valence-electron chi connectivity index (χ2n) is 4.28. The number of hydrogen-bond donors (Lipinski definition) is 1. The number of hydrogen-bond acceptors (Lipinski definition) is 3. The topological polar surface area (TPSA) is 25.2 Å². The molecule has 1 aromatic rings. The van der Waals surface area contributed by atoms with Gasteiger partial charge in [-0.05, 0) is 19.2 Å². The van der Waals surface area contributed by atoms with Crippen molar-refractivity contribution in [1.29, 1.82) is 0 Å². The van der Waals surface area contributed by atoms with E-state index in [4.69, 9.17) is 4.42 Å². The minimum absolute atomic E-state index is 0.307. The van der Waals surface area contributed by atoms with Crippen LogP contribution in [0.2, 0.25) is 0 Å². The first-order valence-corrected chi connectivity index (χ1v) is 5.86. The zero-order valence-corrected chi connectivity index (χ0v) is 10.1. The van der Waals surface area contributed by atoms with Gasteiger partial charge in [0.15, 0.2) is 0 Å². The Balaban J connectivity index is 2.49. The van der Waals surface area contributed by atoms with Gasteiger partial charge in [-0.2, -0.15) is 11.8 Å². The maximum Gasteiger partial charge on any atom is 0.121 e. The number of rotatable bonds is 4. The van der Waals surface area contributed by atoms with Crippen molar-refractivity contribution in [1.82, 2.24) is 5.32 Å². The van der Waals surface area contributed by atoms with Gasteiger partial charge in [0.05, 0.1) is 12.3 Å². The molecule has 0 saturated heterocycles. The summed E-state index contributed by atoms with van der Waals surface area (Å²) in [5, 5.41) is 3.26. The molecule has 80 valence electrons. The molecule has 0 bridgehead atoms. The number of furan rings is 1. The van der Waals surface area contributed by atoms with E-state index in [1.165, 1.54) is 0 Å². The summed E-state index contributed by atoms with van der Waals surface area (Å²) in [6.45, 7) is 6.69. The van der Waals surface area contributed by atoms with Crippen LogP contribution in [0.4, 0.5) is 0 Å². The van der Waals surface area contributed by atoms with Gasteiger partial charge in [0.25, 0.3) is 0 Å². The van der Waals surface area contributed by atoms with E-state index in [0.29, 0.717) is 10.8 Å². The van der Waals surface area contributed by atoms with E-state index in [2.05, 4.69) is 26.1 Å². The van der Waals surface area contributed by atoms with Crippen molar-refractivity contribution in [2.75, 3.05) is 12.8 Å². The highest BCUT2D eigenvalue weighted by Gasteiger charge is 2.17. The molecule has 3 heteroatoms. The molecule has 1 rings (SSSR count). The van der Waals surface area contributed by atoms with Gasteiger partial charge >= 0.3 is 0 Å². The summed E-state index contributed by atoms with van der Waals surface area (Å²) in [5.41, 5.74) is 0. The highest BCUT2D eigenvalue weighted by Crippen LogP contribution is 2.28. The van der Waals surface area contributed by atoms with Crippen LogP contribution < -0.4 is 5.32 Å². The van der Waals surface area contributed by atoms with Crippen molar-refractivity contribution >= 4 is 11.8 Å². The van der Waals surface area contributed by atoms with Gasteiger partial charge in [-0.1, -0.05) is 20.8 Å². The fourth-order valence-electron chi connectivity index (χ4n) is 1.13. The summed E-state index contributed by atoms with van der Waals surface area (Å²) in [6.07, 6.45) is 1.72. The van der Waals surface area contributed by atoms with E-state index in [0.717, 1.165) is 11.5 Å². The van der Waals surface area contributed by atoms with Crippen molar-refractivity contribution in [2.24, 2.45) is 0 Å². The first kappa shape index (κ1) is 11.7. The summed E-state index contributed by atoms with van der Waals surface area (Å²) in [7, 11) is 1.97. The Kier molecular flexibility index (Phi) is 4.08. The molecular formula is C11H19NOS. The van der Waals surface area contributed by atoms with Crippen molar-refractivity contribution in [2.45, 2.75) is 31.6 Å². The Hall–Kier alpha value is -0.410. The summed E-state index contributed by atoms with van der Waals surface area (Å²) in [5.74, 6) is 2.05. The van der Waals surface area contributed by atoms with Crippen LogP contribution in [0.25, 0.3) is 0 Å². The molecule has 1 N–H and O–H groups in total. The lowest BCUT2D eigenvalue weighted by atomic mass is 10.2. The smallest absolute Gasteiger partial charge is 0.121 e. The molecule has 1 heterocycles. The lowest BCUT2D eigenvalue weighted by Gasteiger charge is -2.21.